The zero-order valence-corrected chi connectivity index (χ0v) is 15.5. The maximum absolute atomic E-state index is 12.6. The fourth-order valence-corrected chi connectivity index (χ4v) is 4.03. The van der Waals surface area contributed by atoms with Crippen molar-refractivity contribution in [2.45, 2.75) is 50.2 Å². The second-order valence-corrected chi connectivity index (χ2v) is 8.87. The summed E-state index contributed by atoms with van der Waals surface area (Å²) in [5, 5.41) is 2.79. The molecule has 136 valence electrons. The molecule has 1 aromatic carbocycles. The summed E-state index contributed by atoms with van der Waals surface area (Å²) in [5.41, 5.74) is -0.162. The molecule has 1 fully saturated rings. The Morgan fingerprint density at radius 1 is 1.24 bits per heavy atom. The van der Waals surface area contributed by atoms with Gasteiger partial charge in [-0.3, -0.25) is 0 Å². The minimum absolute atomic E-state index is 0.106. The van der Waals surface area contributed by atoms with Gasteiger partial charge in [0.1, 0.15) is 5.60 Å². The van der Waals surface area contributed by atoms with Gasteiger partial charge in [-0.15, -0.1) is 0 Å². The monoisotopic (exact) mass is 365 g/mol. The molecule has 0 bridgehead atoms. The molecule has 1 aliphatic rings. The molecule has 0 spiro atoms. The van der Waals surface area contributed by atoms with Gasteiger partial charge < -0.3 is 10.1 Å². The lowest BCUT2D eigenvalue weighted by Crippen LogP contribution is -2.47. The normalized spacial score (nSPS) is 16.9. The molecule has 0 saturated carbocycles. The maximum Gasteiger partial charge on any atom is 0.407 e. The quantitative estimate of drug-likeness (QED) is 0.835. The molecule has 1 aromatic rings. The molecule has 25 heavy (non-hydrogen) atoms. The molecule has 1 heterocycles. The van der Waals surface area contributed by atoms with E-state index < -0.39 is 21.7 Å². The average molecular weight is 365 g/mol. The minimum atomic E-state index is -3.58. The number of nitrogens with one attached hydrogen (secondary N) is 1. The summed E-state index contributed by atoms with van der Waals surface area (Å²) in [4.78, 5) is 15.2. The van der Waals surface area contributed by atoms with Crippen LogP contribution in [0, 0.1) is 6.57 Å². The number of carbonyl (C=O) groups excluding carboxylic acids is 1. The summed E-state index contributed by atoms with van der Waals surface area (Å²) in [7, 11) is -3.58. The Morgan fingerprint density at radius 3 is 2.28 bits per heavy atom. The van der Waals surface area contributed by atoms with E-state index in [0.29, 0.717) is 31.6 Å². The van der Waals surface area contributed by atoms with Crippen LogP contribution in [0.1, 0.15) is 33.6 Å². The zero-order chi connectivity index (χ0) is 18.7. The smallest absolute Gasteiger partial charge is 0.407 e. The number of ether oxygens (including phenoxy) is 1. The van der Waals surface area contributed by atoms with E-state index in [4.69, 9.17) is 11.3 Å². The van der Waals surface area contributed by atoms with Crippen LogP contribution in [-0.4, -0.2) is 43.5 Å². The number of alkyl carbamates (subject to hydrolysis) is 1. The van der Waals surface area contributed by atoms with Crippen LogP contribution >= 0.6 is 0 Å². The Kier molecular flexibility index (Phi) is 5.70. The summed E-state index contributed by atoms with van der Waals surface area (Å²) in [6.45, 7) is 13.0. The Morgan fingerprint density at radius 2 is 1.80 bits per heavy atom. The standard InChI is InChI=1S/C17H23N3O4S/c1-17(2,3)24-16(21)19-14-9-11-20(12-10-14)25(22,23)15-7-5-13(18-4)6-8-15/h5-8,14H,9-12H2,1-3H3,(H,19,21). The number of piperidine rings is 1. The van der Waals surface area contributed by atoms with Crippen molar-refractivity contribution in [1.82, 2.24) is 9.62 Å². The van der Waals surface area contributed by atoms with E-state index in [2.05, 4.69) is 10.2 Å². The van der Waals surface area contributed by atoms with Crippen LogP contribution in [0.2, 0.25) is 0 Å². The van der Waals surface area contributed by atoms with Crippen molar-refractivity contribution in [2.75, 3.05) is 13.1 Å². The molecule has 1 aliphatic heterocycles. The molecule has 2 rings (SSSR count). The number of nitrogens with zero attached hydrogens (tertiary/aromatic N) is 2. The van der Waals surface area contributed by atoms with Gasteiger partial charge in [0, 0.05) is 19.1 Å². The maximum atomic E-state index is 12.6. The van der Waals surface area contributed by atoms with Gasteiger partial charge in [-0.2, -0.15) is 4.31 Å². The van der Waals surface area contributed by atoms with Crippen LogP contribution < -0.4 is 5.32 Å². The summed E-state index contributed by atoms with van der Waals surface area (Å²) in [6, 6.07) is 5.79. The summed E-state index contributed by atoms with van der Waals surface area (Å²) in [6.07, 6.45) is 0.570. The molecule has 0 radical (unpaired) electrons. The van der Waals surface area contributed by atoms with E-state index in [-0.39, 0.29) is 10.9 Å². The Hall–Kier alpha value is -2.11. The second-order valence-electron chi connectivity index (χ2n) is 6.93. The van der Waals surface area contributed by atoms with E-state index in [9.17, 15) is 13.2 Å². The van der Waals surface area contributed by atoms with Gasteiger partial charge in [-0.25, -0.2) is 18.1 Å². The lowest BCUT2D eigenvalue weighted by molar-refractivity contribution is 0.0489. The van der Waals surface area contributed by atoms with Crippen molar-refractivity contribution in [3.05, 3.63) is 35.7 Å². The van der Waals surface area contributed by atoms with Crippen molar-refractivity contribution in [1.29, 1.82) is 0 Å². The third kappa shape index (κ3) is 5.18. The molecule has 8 heteroatoms. The molecular weight excluding hydrogens is 342 g/mol. The van der Waals surface area contributed by atoms with Crippen molar-refractivity contribution in [2.24, 2.45) is 0 Å². The number of rotatable bonds is 3. The van der Waals surface area contributed by atoms with E-state index in [1.807, 2.05) is 0 Å². The number of hydrogen-bond donors (Lipinski definition) is 1. The fourth-order valence-electron chi connectivity index (χ4n) is 2.56. The predicted octanol–water partition coefficient (Wildman–Crippen LogP) is 2.92. The van der Waals surface area contributed by atoms with Gasteiger partial charge in [0.05, 0.1) is 11.5 Å². The van der Waals surface area contributed by atoms with Crippen LogP contribution in [0.3, 0.4) is 0 Å². The van der Waals surface area contributed by atoms with Gasteiger partial charge in [0.15, 0.2) is 5.69 Å². The summed E-state index contributed by atoms with van der Waals surface area (Å²) >= 11 is 0. The first-order valence-electron chi connectivity index (χ1n) is 8.09. The molecule has 0 unspecified atom stereocenters. The Balaban J connectivity index is 1.94. The highest BCUT2D eigenvalue weighted by Crippen LogP contribution is 2.23. The van der Waals surface area contributed by atoms with E-state index in [0.717, 1.165) is 0 Å². The van der Waals surface area contributed by atoms with Gasteiger partial charge in [-0.1, -0.05) is 24.3 Å². The summed E-state index contributed by atoms with van der Waals surface area (Å²) < 4.78 is 31.9. The lowest BCUT2D eigenvalue weighted by Gasteiger charge is -2.32. The average Bonchev–Trinajstić information content (AvgIpc) is 2.53. The molecule has 0 atom stereocenters. The second kappa shape index (κ2) is 7.42. The Bertz CT molecular complexity index is 753. The van der Waals surface area contributed by atoms with E-state index in [1.165, 1.54) is 28.6 Å². The van der Waals surface area contributed by atoms with E-state index in [1.54, 1.807) is 20.8 Å². The van der Waals surface area contributed by atoms with Crippen LogP contribution in [0.5, 0.6) is 0 Å². The van der Waals surface area contributed by atoms with Crippen LogP contribution in [0.15, 0.2) is 29.2 Å². The summed E-state index contributed by atoms with van der Waals surface area (Å²) in [5.74, 6) is 0. The first-order chi connectivity index (χ1) is 11.6. The molecule has 1 saturated heterocycles. The minimum Gasteiger partial charge on any atom is -0.444 e. The number of amides is 1. The lowest BCUT2D eigenvalue weighted by atomic mass is 10.1. The van der Waals surface area contributed by atoms with Crippen LogP contribution in [0.4, 0.5) is 10.5 Å². The molecule has 1 amide bonds. The highest BCUT2D eigenvalue weighted by molar-refractivity contribution is 7.89. The first-order valence-corrected chi connectivity index (χ1v) is 9.53. The van der Waals surface area contributed by atoms with Crippen LogP contribution in [-0.2, 0) is 14.8 Å². The van der Waals surface area contributed by atoms with Gasteiger partial charge in [-0.05, 0) is 33.6 Å². The number of benzene rings is 1. The molecule has 0 aliphatic carbocycles. The van der Waals surface area contributed by atoms with Crippen molar-refractivity contribution in [3.63, 3.8) is 0 Å². The third-order valence-electron chi connectivity index (χ3n) is 3.78. The van der Waals surface area contributed by atoms with Gasteiger partial charge >= 0.3 is 6.09 Å². The number of carbonyl (C=O) groups is 1. The van der Waals surface area contributed by atoms with Crippen molar-refractivity contribution < 1.29 is 17.9 Å². The number of hydrogen-bond acceptors (Lipinski definition) is 4. The van der Waals surface area contributed by atoms with Gasteiger partial charge in [0.2, 0.25) is 10.0 Å². The molecule has 7 nitrogen and oxygen atoms in total. The number of sulfonamides is 1. The Labute approximate surface area is 148 Å². The molecular formula is C17H23N3O4S. The zero-order valence-electron chi connectivity index (χ0n) is 14.7. The van der Waals surface area contributed by atoms with Crippen molar-refractivity contribution in [3.8, 4) is 0 Å². The topological polar surface area (TPSA) is 80.1 Å². The van der Waals surface area contributed by atoms with Crippen LogP contribution in [0.25, 0.3) is 4.85 Å². The van der Waals surface area contributed by atoms with E-state index >= 15 is 0 Å². The highest BCUT2D eigenvalue weighted by atomic mass is 32.2. The SMILES string of the molecule is [C-]#[N+]c1ccc(S(=O)(=O)N2CCC(NC(=O)OC(C)(C)C)CC2)cc1. The fraction of sp³-hybridized carbons (Fsp3) is 0.529. The third-order valence-corrected chi connectivity index (χ3v) is 5.69. The highest BCUT2D eigenvalue weighted by Gasteiger charge is 2.30. The molecule has 1 N–H and O–H groups in total. The predicted molar refractivity (Wildman–Crippen MR) is 93.9 cm³/mol. The van der Waals surface area contributed by atoms with Gasteiger partial charge in [0.25, 0.3) is 0 Å². The largest absolute Gasteiger partial charge is 0.444 e. The molecule has 0 aromatic heterocycles. The van der Waals surface area contributed by atoms with Crippen molar-refractivity contribution >= 4 is 21.8 Å². The first kappa shape index (κ1) is 19.2.